The van der Waals surface area contributed by atoms with Crippen molar-refractivity contribution in [2.75, 3.05) is 24.2 Å². The number of halogens is 1. The Kier molecular flexibility index (Phi) is 5.39. The number of hydrogen-bond donors (Lipinski definition) is 0. The highest BCUT2D eigenvalue weighted by Gasteiger charge is 2.24. The predicted octanol–water partition coefficient (Wildman–Crippen LogP) is 4.77. The van der Waals surface area contributed by atoms with Crippen LogP contribution in [0.15, 0.2) is 59.5 Å². The largest absolute Gasteiger partial charge is 0.298 e. The molecular formula is C18H20BrNS. The van der Waals surface area contributed by atoms with E-state index in [2.05, 4.69) is 75.4 Å². The average Bonchev–Trinajstić information content (AvgIpc) is 2.92. The van der Waals surface area contributed by atoms with Gasteiger partial charge in [-0.2, -0.15) is 0 Å². The smallest absolute Gasteiger partial charge is 0.0234 e. The Bertz CT molecular complexity index is 572. The first-order valence-electron chi connectivity index (χ1n) is 7.41. The van der Waals surface area contributed by atoms with Crippen LogP contribution < -0.4 is 0 Å². The van der Waals surface area contributed by atoms with Gasteiger partial charge in [-0.1, -0.05) is 64.5 Å². The third kappa shape index (κ3) is 3.91. The van der Waals surface area contributed by atoms with Gasteiger partial charge in [-0.25, -0.2) is 0 Å². The van der Waals surface area contributed by atoms with Crippen LogP contribution in [0.25, 0.3) is 0 Å². The van der Waals surface area contributed by atoms with Crippen molar-refractivity contribution in [2.45, 2.75) is 17.4 Å². The van der Waals surface area contributed by atoms with Crippen LogP contribution >= 0.6 is 27.7 Å². The fraction of sp³-hybridized carbons (Fsp3) is 0.333. The molecule has 0 bridgehead atoms. The highest BCUT2D eigenvalue weighted by atomic mass is 79.9. The molecule has 3 rings (SSSR count). The molecule has 0 fully saturated rings. The summed E-state index contributed by atoms with van der Waals surface area (Å²) in [4.78, 5) is 4.04. The van der Waals surface area contributed by atoms with E-state index in [9.17, 15) is 0 Å². The van der Waals surface area contributed by atoms with E-state index in [1.807, 2.05) is 11.8 Å². The third-order valence-electron chi connectivity index (χ3n) is 3.93. The zero-order chi connectivity index (χ0) is 14.5. The van der Waals surface area contributed by atoms with Gasteiger partial charge in [-0.15, -0.1) is 11.8 Å². The van der Waals surface area contributed by atoms with Gasteiger partial charge in [0.1, 0.15) is 0 Å². The van der Waals surface area contributed by atoms with Crippen LogP contribution in [0.2, 0.25) is 0 Å². The molecule has 0 N–H and O–H groups in total. The molecule has 0 saturated carbocycles. The zero-order valence-electron chi connectivity index (χ0n) is 12.0. The number of hydrogen-bond acceptors (Lipinski definition) is 2. The fourth-order valence-electron chi connectivity index (χ4n) is 2.89. The second kappa shape index (κ2) is 7.48. The lowest BCUT2D eigenvalue weighted by atomic mass is 10.0. The molecule has 0 aliphatic carbocycles. The molecule has 0 spiro atoms. The van der Waals surface area contributed by atoms with Crippen molar-refractivity contribution in [2.24, 2.45) is 0 Å². The minimum atomic E-state index is 0.661. The number of benzene rings is 2. The van der Waals surface area contributed by atoms with Crippen molar-refractivity contribution in [1.29, 1.82) is 0 Å². The van der Waals surface area contributed by atoms with Gasteiger partial charge in [-0.3, -0.25) is 4.90 Å². The Morgan fingerprint density at radius 1 is 1.05 bits per heavy atom. The van der Waals surface area contributed by atoms with Crippen molar-refractivity contribution in [3.63, 3.8) is 0 Å². The SMILES string of the molecule is BrCCN(Cc1ccccc1)CC1CSc2ccccc21. The summed E-state index contributed by atoms with van der Waals surface area (Å²) in [5.41, 5.74) is 2.94. The molecule has 2 aromatic carbocycles. The molecule has 1 unspecified atom stereocenters. The van der Waals surface area contributed by atoms with Crippen LogP contribution in [0, 0.1) is 0 Å². The fourth-order valence-corrected chi connectivity index (χ4v) is 4.63. The predicted molar refractivity (Wildman–Crippen MR) is 95.4 cm³/mol. The summed E-state index contributed by atoms with van der Waals surface area (Å²) < 4.78 is 0. The van der Waals surface area contributed by atoms with E-state index in [0.717, 1.165) is 25.0 Å². The van der Waals surface area contributed by atoms with E-state index in [1.165, 1.54) is 21.8 Å². The van der Waals surface area contributed by atoms with Crippen molar-refractivity contribution >= 4 is 27.7 Å². The van der Waals surface area contributed by atoms with Crippen molar-refractivity contribution < 1.29 is 0 Å². The van der Waals surface area contributed by atoms with Gasteiger partial charge in [0.15, 0.2) is 0 Å². The third-order valence-corrected chi connectivity index (χ3v) is 5.53. The van der Waals surface area contributed by atoms with Crippen LogP contribution in [0.5, 0.6) is 0 Å². The molecule has 0 saturated heterocycles. The Morgan fingerprint density at radius 3 is 2.62 bits per heavy atom. The molecule has 0 radical (unpaired) electrons. The summed E-state index contributed by atoms with van der Waals surface area (Å²) in [5.74, 6) is 1.88. The first kappa shape index (κ1) is 15.1. The standard InChI is InChI=1S/C18H20BrNS/c19-10-11-20(12-15-6-2-1-3-7-15)13-16-14-21-18-9-5-4-8-17(16)18/h1-9,16H,10-14H2. The van der Waals surface area contributed by atoms with Gasteiger partial charge in [0.25, 0.3) is 0 Å². The Balaban J connectivity index is 1.68. The zero-order valence-corrected chi connectivity index (χ0v) is 14.4. The number of alkyl halides is 1. The summed E-state index contributed by atoms with van der Waals surface area (Å²) >= 11 is 5.60. The lowest BCUT2D eigenvalue weighted by Gasteiger charge is -2.25. The van der Waals surface area contributed by atoms with Gasteiger partial charge < -0.3 is 0 Å². The molecule has 110 valence electrons. The molecule has 2 aromatic rings. The van der Waals surface area contributed by atoms with Crippen LogP contribution in [-0.4, -0.2) is 29.1 Å². The summed E-state index contributed by atoms with van der Waals surface area (Å²) in [6, 6.07) is 19.7. The number of rotatable bonds is 6. The van der Waals surface area contributed by atoms with Crippen LogP contribution in [-0.2, 0) is 6.54 Å². The Hall–Kier alpha value is -0.770. The van der Waals surface area contributed by atoms with E-state index in [4.69, 9.17) is 0 Å². The first-order valence-corrected chi connectivity index (χ1v) is 9.51. The van der Waals surface area contributed by atoms with Gasteiger partial charge in [-0.05, 0) is 17.2 Å². The molecule has 1 nitrogen and oxygen atoms in total. The van der Waals surface area contributed by atoms with Crippen LogP contribution in [0.4, 0.5) is 0 Å². The maximum atomic E-state index is 3.60. The summed E-state index contributed by atoms with van der Waals surface area (Å²) in [5, 5.41) is 1.03. The normalized spacial score (nSPS) is 17.1. The minimum absolute atomic E-state index is 0.661. The van der Waals surface area contributed by atoms with Crippen molar-refractivity contribution in [3.8, 4) is 0 Å². The van der Waals surface area contributed by atoms with Gasteiger partial charge >= 0.3 is 0 Å². The van der Waals surface area contributed by atoms with Crippen molar-refractivity contribution in [3.05, 3.63) is 65.7 Å². The van der Waals surface area contributed by atoms with E-state index in [-0.39, 0.29) is 0 Å². The van der Waals surface area contributed by atoms with Gasteiger partial charge in [0.2, 0.25) is 0 Å². The second-order valence-electron chi connectivity index (χ2n) is 5.46. The average molecular weight is 362 g/mol. The second-order valence-corrected chi connectivity index (χ2v) is 7.31. The highest BCUT2D eigenvalue weighted by Crippen LogP contribution is 2.39. The van der Waals surface area contributed by atoms with Crippen LogP contribution in [0.3, 0.4) is 0 Å². The molecule has 1 atom stereocenters. The highest BCUT2D eigenvalue weighted by molar-refractivity contribution is 9.09. The molecule has 0 aromatic heterocycles. The summed E-state index contributed by atoms with van der Waals surface area (Å²) in [6.07, 6.45) is 0. The maximum absolute atomic E-state index is 3.60. The molecule has 1 aliphatic heterocycles. The van der Waals surface area contributed by atoms with E-state index in [0.29, 0.717) is 5.92 Å². The number of fused-ring (bicyclic) bond motifs is 1. The van der Waals surface area contributed by atoms with E-state index < -0.39 is 0 Å². The van der Waals surface area contributed by atoms with E-state index in [1.54, 1.807) is 0 Å². The topological polar surface area (TPSA) is 3.24 Å². The first-order chi connectivity index (χ1) is 10.4. The molecule has 21 heavy (non-hydrogen) atoms. The quantitative estimate of drug-likeness (QED) is 0.681. The maximum Gasteiger partial charge on any atom is 0.0234 e. The Labute approximate surface area is 139 Å². The lowest BCUT2D eigenvalue weighted by Crippen LogP contribution is -2.30. The molecule has 3 heteroatoms. The molecular weight excluding hydrogens is 342 g/mol. The minimum Gasteiger partial charge on any atom is -0.298 e. The molecule has 1 heterocycles. The van der Waals surface area contributed by atoms with Gasteiger partial charge in [0.05, 0.1) is 0 Å². The van der Waals surface area contributed by atoms with Crippen molar-refractivity contribution in [1.82, 2.24) is 4.90 Å². The summed E-state index contributed by atoms with van der Waals surface area (Å²) in [7, 11) is 0. The molecule has 1 aliphatic rings. The van der Waals surface area contributed by atoms with Crippen LogP contribution in [0.1, 0.15) is 17.0 Å². The lowest BCUT2D eigenvalue weighted by molar-refractivity contribution is 0.270. The van der Waals surface area contributed by atoms with E-state index >= 15 is 0 Å². The summed E-state index contributed by atoms with van der Waals surface area (Å²) in [6.45, 7) is 3.28. The number of thioether (sulfide) groups is 1. The monoisotopic (exact) mass is 361 g/mol. The van der Waals surface area contributed by atoms with Gasteiger partial charge in [0, 0.05) is 41.5 Å². The number of nitrogens with zero attached hydrogens (tertiary/aromatic N) is 1. The Morgan fingerprint density at radius 2 is 1.81 bits per heavy atom. The molecule has 0 amide bonds.